The van der Waals surface area contributed by atoms with Crippen molar-refractivity contribution in [3.05, 3.63) is 48.0 Å². The smallest absolute Gasteiger partial charge is 0.238 e. The standard InChI is InChI=1S/C23H31N7O2S/c1-15(2)20(24)14-30-12-10-17(11-13-30)16-6-8-18(9-7-16)19-4-3-5-21(33(25,31)32)22(19)23-26-28-29-27-23/h3-9,15,17,20H,10-14,24H2,1-2H3,(H2,25,31,32)(H,26,27,28,29). The SMILES string of the molecule is CC(C)C(N)CN1CCC(c2ccc(-c3cccc(S(N)(=O)=O)c3-c3nn[nH]n3)cc2)CC1. The molecule has 5 N–H and O–H groups in total. The van der Waals surface area contributed by atoms with Crippen LogP contribution >= 0.6 is 0 Å². The van der Waals surface area contributed by atoms with Crippen LogP contribution in [0, 0.1) is 5.92 Å². The van der Waals surface area contributed by atoms with Gasteiger partial charge in [-0.15, -0.1) is 10.2 Å². The summed E-state index contributed by atoms with van der Waals surface area (Å²) in [6.07, 6.45) is 2.19. The molecule has 0 bridgehead atoms. The van der Waals surface area contributed by atoms with E-state index in [-0.39, 0.29) is 16.8 Å². The molecule has 3 aromatic rings. The Morgan fingerprint density at radius 1 is 1.12 bits per heavy atom. The highest BCUT2D eigenvalue weighted by Crippen LogP contribution is 2.36. The van der Waals surface area contributed by atoms with E-state index in [4.69, 9.17) is 10.9 Å². The molecule has 1 aliphatic heterocycles. The molecule has 1 saturated heterocycles. The summed E-state index contributed by atoms with van der Waals surface area (Å²) in [6.45, 7) is 7.38. The number of likely N-dealkylation sites (tertiary alicyclic amines) is 1. The van der Waals surface area contributed by atoms with Gasteiger partial charge in [-0.3, -0.25) is 0 Å². The van der Waals surface area contributed by atoms with Crippen molar-refractivity contribution in [1.82, 2.24) is 25.5 Å². The molecule has 0 aliphatic carbocycles. The van der Waals surface area contributed by atoms with Crippen molar-refractivity contribution in [3.8, 4) is 22.5 Å². The number of benzene rings is 2. The molecule has 0 saturated carbocycles. The van der Waals surface area contributed by atoms with E-state index in [1.165, 1.54) is 11.6 Å². The Bertz CT molecular complexity index is 1170. The summed E-state index contributed by atoms with van der Waals surface area (Å²) >= 11 is 0. The lowest BCUT2D eigenvalue weighted by molar-refractivity contribution is 0.189. The summed E-state index contributed by atoms with van der Waals surface area (Å²) in [7, 11) is -3.97. The first kappa shape index (κ1) is 23.5. The zero-order chi connectivity index (χ0) is 23.6. The van der Waals surface area contributed by atoms with Crippen molar-refractivity contribution in [2.75, 3.05) is 19.6 Å². The number of H-pyrrole nitrogens is 1. The van der Waals surface area contributed by atoms with Crippen molar-refractivity contribution in [2.45, 2.75) is 43.5 Å². The van der Waals surface area contributed by atoms with Crippen LogP contribution in [0.2, 0.25) is 0 Å². The first-order valence-electron chi connectivity index (χ1n) is 11.2. The van der Waals surface area contributed by atoms with Gasteiger partial charge >= 0.3 is 0 Å². The van der Waals surface area contributed by atoms with Gasteiger partial charge in [-0.25, -0.2) is 13.6 Å². The first-order valence-corrected chi connectivity index (χ1v) is 12.8. The zero-order valence-electron chi connectivity index (χ0n) is 19.0. The largest absolute Gasteiger partial charge is 0.326 e. The predicted molar refractivity (Wildman–Crippen MR) is 128 cm³/mol. The summed E-state index contributed by atoms with van der Waals surface area (Å²) in [4.78, 5) is 2.43. The summed E-state index contributed by atoms with van der Waals surface area (Å²) in [5.74, 6) is 1.17. The van der Waals surface area contributed by atoms with Crippen molar-refractivity contribution in [2.24, 2.45) is 16.8 Å². The Kier molecular flexibility index (Phi) is 6.89. The quantitative estimate of drug-likeness (QED) is 0.482. The maximum Gasteiger partial charge on any atom is 0.238 e. The Labute approximate surface area is 194 Å². The second kappa shape index (κ2) is 9.68. The second-order valence-corrected chi connectivity index (χ2v) is 10.6. The third-order valence-corrected chi connectivity index (χ3v) is 7.46. The number of tetrazole rings is 1. The minimum atomic E-state index is -3.97. The fourth-order valence-corrected chi connectivity index (χ4v) is 5.15. The Morgan fingerprint density at radius 2 is 1.82 bits per heavy atom. The zero-order valence-corrected chi connectivity index (χ0v) is 19.8. The van der Waals surface area contributed by atoms with Gasteiger partial charge in [0.2, 0.25) is 15.8 Å². The lowest BCUT2D eigenvalue weighted by atomic mass is 9.87. The van der Waals surface area contributed by atoms with Crippen LogP contribution in [-0.4, -0.2) is 59.6 Å². The number of primary sulfonamides is 1. The van der Waals surface area contributed by atoms with Crippen molar-refractivity contribution in [1.29, 1.82) is 0 Å². The van der Waals surface area contributed by atoms with Gasteiger partial charge in [-0.05, 0) is 65.7 Å². The Balaban J connectivity index is 1.55. The topological polar surface area (TPSA) is 144 Å². The molecule has 1 fully saturated rings. The number of aromatic amines is 1. The lowest BCUT2D eigenvalue weighted by Gasteiger charge is -2.34. The molecule has 0 spiro atoms. The normalized spacial score (nSPS) is 16.9. The molecule has 2 heterocycles. The highest BCUT2D eigenvalue weighted by molar-refractivity contribution is 7.89. The molecule has 2 aromatic carbocycles. The van der Waals surface area contributed by atoms with Crippen molar-refractivity contribution in [3.63, 3.8) is 0 Å². The van der Waals surface area contributed by atoms with Crippen LogP contribution in [0.25, 0.3) is 22.5 Å². The van der Waals surface area contributed by atoms with Gasteiger partial charge in [0.25, 0.3) is 0 Å². The van der Waals surface area contributed by atoms with E-state index in [2.05, 4.69) is 51.5 Å². The van der Waals surface area contributed by atoms with Crippen LogP contribution in [0.15, 0.2) is 47.4 Å². The predicted octanol–water partition coefficient (Wildman–Crippen LogP) is 2.34. The number of aromatic nitrogens is 4. The van der Waals surface area contributed by atoms with E-state index < -0.39 is 10.0 Å². The maximum absolute atomic E-state index is 12.2. The fourth-order valence-electron chi connectivity index (χ4n) is 4.40. The number of hydrogen-bond donors (Lipinski definition) is 3. The number of nitrogens with two attached hydrogens (primary N) is 2. The van der Waals surface area contributed by atoms with E-state index in [9.17, 15) is 8.42 Å². The lowest BCUT2D eigenvalue weighted by Crippen LogP contribution is -2.43. The minimum absolute atomic E-state index is 0.0301. The number of rotatable bonds is 7. The van der Waals surface area contributed by atoms with Gasteiger partial charge in [0.1, 0.15) is 0 Å². The molecular formula is C23H31N7O2S. The van der Waals surface area contributed by atoms with E-state index in [1.54, 1.807) is 6.07 Å². The molecular weight excluding hydrogens is 438 g/mol. The van der Waals surface area contributed by atoms with Gasteiger partial charge in [-0.2, -0.15) is 5.21 Å². The molecule has 1 unspecified atom stereocenters. The van der Waals surface area contributed by atoms with Crippen LogP contribution in [0.4, 0.5) is 0 Å². The van der Waals surface area contributed by atoms with E-state index >= 15 is 0 Å². The monoisotopic (exact) mass is 469 g/mol. The summed E-state index contributed by atoms with van der Waals surface area (Å²) in [5.41, 5.74) is 9.43. The Morgan fingerprint density at radius 3 is 2.39 bits per heavy atom. The summed E-state index contributed by atoms with van der Waals surface area (Å²) < 4.78 is 24.4. The number of sulfonamides is 1. The van der Waals surface area contributed by atoms with Gasteiger partial charge in [0.05, 0.1) is 10.5 Å². The molecule has 1 aliphatic rings. The molecule has 33 heavy (non-hydrogen) atoms. The average Bonchev–Trinajstić information content (AvgIpc) is 3.33. The molecule has 4 rings (SSSR count). The summed E-state index contributed by atoms with van der Waals surface area (Å²) in [6, 6.07) is 13.5. The molecule has 176 valence electrons. The van der Waals surface area contributed by atoms with E-state index in [0.29, 0.717) is 23.0 Å². The van der Waals surface area contributed by atoms with Crippen LogP contribution in [0.3, 0.4) is 0 Å². The number of nitrogens with zero attached hydrogens (tertiary/aromatic N) is 4. The van der Waals surface area contributed by atoms with Gasteiger partial charge in [-0.1, -0.05) is 50.2 Å². The third-order valence-electron chi connectivity index (χ3n) is 6.51. The maximum atomic E-state index is 12.2. The van der Waals surface area contributed by atoms with Gasteiger partial charge in [0, 0.05) is 12.6 Å². The van der Waals surface area contributed by atoms with Crippen molar-refractivity contribution < 1.29 is 8.42 Å². The number of nitrogens with one attached hydrogen (secondary N) is 1. The molecule has 0 amide bonds. The van der Waals surface area contributed by atoms with E-state index in [1.807, 2.05) is 18.2 Å². The van der Waals surface area contributed by atoms with Crippen LogP contribution < -0.4 is 10.9 Å². The first-order chi connectivity index (χ1) is 15.7. The van der Waals surface area contributed by atoms with Crippen LogP contribution in [0.1, 0.15) is 38.2 Å². The number of hydrogen-bond acceptors (Lipinski definition) is 7. The van der Waals surface area contributed by atoms with E-state index in [0.717, 1.165) is 38.0 Å². The molecule has 1 aromatic heterocycles. The molecule has 9 nitrogen and oxygen atoms in total. The highest BCUT2D eigenvalue weighted by Gasteiger charge is 2.24. The molecule has 10 heteroatoms. The Hall–Kier alpha value is -2.66. The number of piperidine rings is 1. The van der Waals surface area contributed by atoms with Crippen LogP contribution in [0.5, 0.6) is 0 Å². The highest BCUT2D eigenvalue weighted by atomic mass is 32.2. The fraction of sp³-hybridized carbons (Fsp3) is 0.435. The second-order valence-electron chi connectivity index (χ2n) is 9.06. The van der Waals surface area contributed by atoms with Gasteiger partial charge < -0.3 is 10.6 Å². The summed E-state index contributed by atoms with van der Waals surface area (Å²) in [5, 5.41) is 19.4. The minimum Gasteiger partial charge on any atom is -0.326 e. The third kappa shape index (κ3) is 5.30. The molecule has 0 radical (unpaired) electrons. The molecule has 1 atom stereocenters. The van der Waals surface area contributed by atoms with Gasteiger partial charge in [0.15, 0.2) is 0 Å². The van der Waals surface area contributed by atoms with Crippen LogP contribution in [-0.2, 0) is 10.0 Å². The van der Waals surface area contributed by atoms with Crippen molar-refractivity contribution >= 4 is 10.0 Å². The average molecular weight is 470 g/mol.